The second-order valence-corrected chi connectivity index (χ2v) is 7.45. The van der Waals surface area contributed by atoms with Gasteiger partial charge in [0.15, 0.2) is 5.82 Å². The first-order valence-electron chi connectivity index (χ1n) is 10.6. The van der Waals surface area contributed by atoms with Gasteiger partial charge in [0.1, 0.15) is 23.2 Å². The van der Waals surface area contributed by atoms with E-state index in [9.17, 15) is 8.78 Å². The third kappa shape index (κ3) is 4.62. The molecule has 0 aliphatic rings. The lowest BCUT2D eigenvalue weighted by Gasteiger charge is -2.17. The van der Waals surface area contributed by atoms with Crippen LogP contribution >= 0.6 is 0 Å². The van der Waals surface area contributed by atoms with Gasteiger partial charge in [-0.05, 0) is 36.8 Å². The minimum atomic E-state index is -0.685. The highest BCUT2D eigenvalue weighted by Gasteiger charge is 2.17. The smallest absolute Gasteiger partial charge is 0.165 e. The number of aromatic nitrogens is 2. The van der Waals surface area contributed by atoms with Gasteiger partial charge < -0.3 is 15.4 Å². The Balaban J connectivity index is 1.80. The summed E-state index contributed by atoms with van der Waals surface area (Å²) < 4.78 is 34.1. The third-order valence-corrected chi connectivity index (χ3v) is 5.15. The zero-order valence-corrected chi connectivity index (χ0v) is 18.5. The summed E-state index contributed by atoms with van der Waals surface area (Å²) in [5.41, 5.74) is 2.23. The maximum absolute atomic E-state index is 14.5. The first-order valence-corrected chi connectivity index (χ1v) is 10.6. The summed E-state index contributed by atoms with van der Waals surface area (Å²) in [6, 6.07) is 17.1. The summed E-state index contributed by atoms with van der Waals surface area (Å²) in [4.78, 5) is 9.40. The molecule has 0 unspecified atom stereocenters. The Morgan fingerprint density at radius 1 is 1.03 bits per heavy atom. The number of hydrogen-bond acceptors (Lipinski definition) is 5. The number of hydrogen-bond donors (Lipinski definition) is 2. The highest BCUT2D eigenvalue weighted by molar-refractivity contribution is 5.95. The van der Waals surface area contributed by atoms with Crippen LogP contribution in [0.25, 0.3) is 28.0 Å². The molecule has 0 fully saturated rings. The van der Waals surface area contributed by atoms with Gasteiger partial charge in [0.25, 0.3) is 0 Å². The number of nitrogens with zero attached hydrogens (tertiary/aromatic N) is 2. The SMILES string of the molecule is C=C(Nc1nc(-c2ccccc2OC)nc2ccccc12)c1cc(F)cc(F)c1NCCC. The lowest BCUT2D eigenvalue weighted by molar-refractivity contribution is 0.416. The molecule has 2 N–H and O–H groups in total. The summed E-state index contributed by atoms with van der Waals surface area (Å²) in [6.45, 7) is 6.55. The summed E-state index contributed by atoms with van der Waals surface area (Å²) in [5, 5.41) is 6.93. The fraction of sp³-hybridized carbons (Fsp3) is 0.154. The van der Waals surface area contributed by atoms with E-state index < -0.39 is 11.6 Å². The van der Waals surface area contributed by atoms with E-state index in [0.29, 0.717) is 40.7 Å². The monoisotopic (exact) mass is 446 g/mol. The van der Waals surface area contributed by atoms with Crippen LogP contribution in [0.5, 0.6) is 5.75 Å². The van der Waals surface area contributed by atoms with Crippen molar-refractivity contribution in [3.8, 4) is 17.1 Å². The Hall–Kier alpha value is -4.00. The minimum Gasteiger partial charge on any atom is -0.496 e. The summed E-state index contributed by atoms with van der Waals surface area (Å²) in [7, 11) is 1.59. The number of benzene rings is 3. The van der Waals surface area contributed by atoms with E-state index in [4.69, 9.17) is 9.72 Å². The molecule has 0 radical (unpaired) electrons. The largest absolute Gasteiger partial charge is 0.496 e. The molecular formula is C26H24F2N4O. The van der Waals surface area contributed by atoms with Crippen LogP contribution in [0.15, 0.2) is 67.2 Å². The van der Waals surface area contributed by atoms with E-state index in [0.717, 1.165) is 23.4 Å². The van der Waals surface area contributed by atoms with E-state index in [1.54, 1.807) is 7.11 Å². The molecule has 0 aliphatic carbocycles. The summed E-state index contributed by atoms with van der Waals surface area (Å²) in [6.07, 6.45) is 0.787. The number of halogens is 2. The van der Waals surface area contributed by atoms with E-state index >= 15 is 0 Å². The Labute approximate surface area is 191 Å². The number of methoxy groups -OCH3 is 1. The molecular weight excluding hydrogens is 422 g/mol. The first kappa shape index (κ1) is 22.2. The van der Waals surface area contributed by atoms with Crippen molar-refractivity contribution in [1.82, 2.24) is 9.97 Å². The Kier molecular flexibility index (Phi) is 6.49. The second-order valence-electron chi connectivity index (χ2n) is 7.45. The van der Waals surface area contributed by atoms with Crippen molar-refractivity contribution in [1.29, 1.82) is 0 Å². The van der Waals surface area contributed by atoms with Crippen molar-refractivity contribution in [2.75, 3.05) is 24.3 Å². The van der Waals surface area contributed by atoms with Gasteiger partial charge in [-0.1, -0.05) is 37.8 Å². The van der Waals surface area contributed by atoms with E-state index in [2.05, 4.69) is 22.2 Å². The van der Waals surface area contributed by atoms with Crippen LogP contribution in [-0.2, 0) is 0 Å². The molecule has 33 heavy (non-hydrogen) atoms. The molecule has 0 saturated heterocycles. The number of ether oxygens (including phenoxy) is 1. The molecule has 1 aromatic heterocycles. The van der Waals surface area contributed by atoms with Gasteiger partial charge in [0, 0.05) is 29.3 Å². The fourth-order valence-electron chi connectivity index (χ4n) is 3.57. The molecule has 168 valence electrons. The number of fused-ring (bicyclic) bond motifs is 1. The van der Waals surface area contributed by atoms with Crippen molar-refractivity contribution < 1.29 is 13.5 Å². The van der Waals surface area contributed by atoms with E-state index in [1.807, 2.05) is 55.5 Å². The van der Waals surface area contributed by atoms with Gasteiger partial charge in [-0.25, -0.2) is 18.7 Å². The standard InChI is InChI=1S/C26H24F2N4O/c1-4-13-29-24-20(14-17(27)15-21(24)28)16(2)30-25-18-9-5-7-11-22(18)31-26(32-25)19-10-6-8-12-23(19)33-3/h5-12,14-15,29H,2,4,13H2,1,3H3,(H,30,31,32). The molecule has 1 heterocycles. The fourth-order valence-corrected chi connectivity index (χ4v) is 3.57. The number of rotatable bonds is 8. The summed E-state index contributed by atoms with van der Waals surface area (Å²) in [5.74, 6) is 0.197. The van der Waals surface area contributed by atoms with E-state index in [1.165, 1.54) is 6.07 Å². The van der Waals surface area contributed by atoms with Gasteiger partial charge in [-0.2, -0.15) is 0 Å². The molecule has 7 heteroatoms. The average molecular weight is 447 g/mol. The highest BCUT2D eigenvalue weighted by Crippen LogP contribution is 2.33. The maximum Gasteiger partial charge on any atom is 0.165 e. The molecule has 4 rings (SSSR count). The Bertz CT molecular complexity index is 1320. The molecule has 0 saturated carbocycles. The lowest BCUT2D eigenvalue weighted by Crippen LogP contribution is -2.09. The van der Waals surface area contributed by atoms with Gasteiger partial charge in [0.2, 0.25) is 0 Å². The minimum absolute atomic E-state index is 0.194. The number of nitrogens with one attached hydrogen (secondary N) is 2. The normalized spacial score (nSPS) is 10.8. The van der Waals surface area contributed by atoms with Gasteiger partial charge in [-0.3, -0.25) is 0 Å². The van der Waals surface area contributed by atoms with Crippen molar-refractivity contribution in [3.05, 3.63) is 84.4 Å². The molecule has 0 bridgehead atoms. The number of para-hydroxylation sites is 2. The van der Waals surface area contributed by atoms with Gasteiger partial charge >= 0.3 is 0 Å². The second kappa shape index (κ2) is 9.65. The van der Waals surface area contributed by atoms with Gasteiger partial charge in [0.05, 0.1) is 23.9 Å². The molecule has 0 spiro atoms. The predicted octanol–water partition coefficient (Wildman–Crippen LogP) is 6.49. The predicted molar refractivity (Wildman–Crippen MR) is 129 cm³/mol. The van der Waals surface area contributed by atoms with Crippen molar-refractivity contribution in [3.63, 3.8) is 0 Å². The molecule has 5 nitrogen and oxygen atoms in total. The zero-order valence-electron chi connectivity index (χ0n) is 18.5. The quantitative estimate of drug-likeness (QED) is 0.324. The topological polar surface area (TPSA) is 59.1 Å². The Morgan fingerprint density at radius 2 is 1.79 bits per heavy atom. The molecule has 3 aromatic carbocycles. The van der Waals surface area contributed by atoms with Crippen LogP contribution in [-0.4, -0.2) is 23.6 Å². The van der Waals surface area contributed by atoms with Crippen molar-refractivity contribution in [2.45, 2.75) is 13.3 Å². The zero-order chi connectivity index (χ0) is 23.4. The highest BCUT2D eigenvalue weighted by atomic mass is 19.1. The van der Waals surface area contributed by atoms with Crippen molar-refractivity contribution in [2.24, 2.45) is 0 Å². The van der Waals surface area contributed by atoms with Crippen LogP contribution in [0.3, 0.4) is 0 Å². The third-order valence-electron chi connectivity index (χ3n) is 5.15. The van der Waals surface area contributed by atoms with Crippen LogP contribution in [0.2, 0.25) is 0 Å². The molecule has 4 aromatic rings. The first-order chi connectivity index (χ1) is 16.0. The van der Waals surface area contributed by atoms with Crippen LogP contribution < -0.4 is 15.4 Å². The lowest BCUT2D eigenvalue weighted by atomic mass is 10.1. The van der Waals surface area contributed by atoms with Crippen LogP contribution in [0, 0.1) is 11.6 Å². The molecule has 0 aliphatic heterocycles. The van der Waals surface area contributed by atoms with Gasteiger partial charge in [-0.15, -0.1) is 0 Å². The number of anilines is 2. The Morgan fingerprint density at radius 3 is 2.58 bits per heavy atom. The van der Waals surface area contributed by atoms with Crippen LogP contribution in [0.4, 0.5) is 20.3 Å². The van der Waals surface area contributed by atoms with E-state index in [-0.39, 0.29) is 5.69 Å². The van der Waals surface area contributed by atoms with Crippen molar-refractivity contribution >= 4 is 28.1 Å². The average Bonchev–Trinajstić information content (AvgIpc) is 2.83. The van der Waals surface area contributed by atoms with Crippen LogP contribution in [0.1, 0.15) is 18.9 Å². The molecule has 0 amide bonds. The maximum atomic E-state index is 14.5. The summed E-state index contributed by atoms with van der Waals surface area (Å²) >= 11 is 0. The molecule has 0 atom stereocenters.